The fraction of sp³-hybridized carbons (Fsp3) is 0.263. The molecule has 0 fully saturated rings. The Hall–Kier alpha value is -2.47. The van der Waals surface area contributed by atoms with E-state index in [1.54, 1.807) is 36.0 Å². The first-order valence-electron chi connectivity index (χ1n) is 8.13. The van der Waals surface area contributed by atoms with Gasteiger partial charge in [0, 0.05) is 16.3 Å². The summed E-state index contributed by atoms with van der Waals surface area (Å²) in [7, 11) is 1.31. The summed E-state index contributed by atoms with van der Waals surface area (Å²) in [5, 5.41) is 5.42. The Morgan fingerprint density at radius 3 is 2.40 bits per heavy atom. The van der Waals surface area contributed by atoms with Crippen LogP contribution in [0.4, 0.5) is 16.2 Å². The molecule has 25 heavy (non-hydrogen) atoms. The number of carbonyl (C=O) groups is 2. The van der Waals surface area contributed by atoms with Crippen LogP contribution in [0, 0.1) is 0 Å². The van der Waals surface area contributed by atoms with Crippen molar-refractivity contribution in [2.75, 3.05) is 23.5 Å². The number of carbonyl (C=O) groups excluding carboxylic acids is 2. The van der Waals surface area contributed by atoms with E-state index < -0.39 is 6.09 Å². The third-order valence-electron chi connectivity index (χ3n) is 4.04. The highest BCUT2D eigenvalue weighted by Gasteiger charge is 2.11. The van der Waals surface area contributed by atoms with Gasteiger partial charge in [-0.25, -0.2) is 4.79 Å². The number of methoxy groups -OCH3 is 1. The SMILES string of the molecule is COC(=O)Nc1ccc(NC(=O)CSc2ccc3c(c2)CCC3)cc1. The van der Waals surface area contributed by atoms with Gasteiger partial charge in [0.25, 0.3) is 0 Å². The monoisotopic (exact) mass is 356 g/mol. The molecule has 2 aromatic carbocycles. The van der Waals surface area contributed by atoms with E-state index in [4.69, 9.17) is 0 Å². The molecule has 0 saturated carbocycles. The third-order valence-corrected chi connectivity index (χ3v) is 5.03. The minimum absolute atomic E-state index is 0.0563. The zero-order chi connectivity index (χ0) is 17.6. The molecule has 2 N–H and O–H groups in total. The Labute approximate surface area is 151 Å². The number of thioether (sulfide) groups is 1. The van der Waals surface area contributed by atoms with Crippen molar-refractivity contribution in [3.05, 3.63) is 53.6 Å². The van der Waals surface area contributed by atoms with Gasteiger partial charge in [0.05, 0.1) is 12.9 Å². The molecule has 2 amide bonds. The summed E-state index contributed by atoms with van der Waals surface area (Å²) < 4.78 is 4.53. The molecule has 3 rings (SSSR count). The second-order valence-electron chi connectivity index (χ2n) is 5.81. The van der Waals surface area contributed by atoms with Crippen LogP contribution in [0.3, 0.4) is 0 Å². The zero-order valence-corrected chi connectivity index (χ0v) is 14.8. The van der Waals surface area contributed by atoms with Gasteiger partial charge in [0.15, 0.2) is 0 Å². The van der Waals surface area contributed by atoms with Gasteiger partial charge in [0.1, 0.15) is 0 Å². The molecule has 2 aromatic rings. The Bertz CT molecular complexity index is 775. The van der Waals surface area contributed by atoms with Gasteiger partial charge in [-0.3, -0.25) is 10.1 Å². The molecule has 0 aliphatic heterocycles. The summed E-state index contributed by atoms with van der Waals surface area (Å²) in [6.07, 6.45) is 3.01. The lowest BCUT2D eigenvalue weighted by molar-refractivity contribution is -0.113. The Morgan fingerprint density at radius 1 is 1.00 bits per heavy atom. The fourth-order valence-electron chi connectivity index (χ4n) is 2.79. The van der Waals surface area contributed by atoms with Crippen LogP contribution in [-0.2, 0) is 22.4 Å². The third kappa shape index (κ3) is 4.76. The van der Waals surface area contributed by atoms with E-state index in [1.807, 2.05) is 0 Å². The number of nitrogens with one attached hydrogen (secondary N) is 2. The van der Waals surface area contributed by atoms with Crippen LogP contribution in [0.25, 0.3) is 0 Å². The van der Waals surface area contributed by atoms with Crippen LogP contribution in [0.2, 0.25) is 0 Å². The molecule has 0 atom stereocenters. The van der Waals surface area contributed by atoms with Crippen molar-refractivity contribution in [2.45, 2.75) is 24.2 Å². The van der Waals surface area contributed by atoms with E-state index in [2.05, 4.69) is 33.6 Å². The minimum Gasteiger partial charge on any atom is -0.453 e. The van der Waals surface area contributed by atoms with Crippen molar-refractivity contribution in [3.8, 4) is 0 Å². The first kappa shape index (κ1) is 17.4. The molecule has 0 radical (unpaired) electrons. The summed E-state index contributed by atoms with van der Waals surface area (Å²) in [5.41, 5.74) is 4.15. The Kier molecular flexibility index (Phi) is 5.60. The minimum atomic E-state index is -0.525. The molecule has 5 nitrogen and oxygen atoms in total. The molecule has 1 aliphatic rings. The Balaban J connectivity index is 1.50. The number of hydrogen-bond donors (Lipinski definition) is 2. The molecule has 130 valence electrons. The first-order valence-corrected chi connectivity index (χ1v) is 9.12. The van der Waals surface area contributed by atoms with Crippen molar-refractivity contribution in [1.82, 2.24) is 0 Å². The number of fused-ring (bicyclic) bond motifs is 1. The summed E-state index contributed by atoms with van der Waals surface area (Å²) >= 11 is 1.54. The van der Waals surface area contributed by atoms with Crippen LogP contribution in [0.5, 0.6) is 0 Å². The fourth-order valence-corrected chi connectivity index (χ4v) is 3.55. The van der Waals surface area contributed by atoms with Crippen molar-refractivity contribution in [3.63, 3.8) is 0 Å². The van der Waals surface area contributed by atoms with Gasteiger partial charge in [-0.15, -0.1) is 11.8 Å². The highest BCUT2D eigenvalue weighted by Crippen LogP contribution is 2.27. The van der Waals surface area contributed by atoms with Crippen molar-refractivity contribution in [1.29, 1.82) is 0 Å². The van der Waals surface area contributed by atoms with Crippen molar-refractivity contribution in [2.24, 2.45) is 0 Å². The highest BCUT2D eigenvalue weighted by molar-refractivity contribution is 8.00. The quantitative estimate of drug-likeness (QED) is 0.792. The standard InChI is InChI=1S/C19H20N2O3S/c1-24-19(23)21-16-8-6-15(7-9-16)20-18(22)12-25-17-10-5-13-3-2-4-14(13)11-17/h5-11H,2-4,12H2,1H3,(H,20,22)(H,21,23). The predicted molar refractivity (Wildman–Crippen MR) is 100 cm³/mol. The predicted octanol–water partition coefficient (Wildman–Crippen LogP) is 4.08. The van der Waals surface area contributed by atoms with Gasteiger partial charge < -0.3 is 10.1 Å². The second kappa shape index (κ2) is 8.07. The maximum absolute atomic E-state index is 12.1. The van der Waals surface area contributed by atoms with E-state index in [0.29, 0.717) is 17.1 Å². The largest absolute Gasteiger partial charge is 0.453 e. The van der Waals surface area contributed by atoms with E-state index in [-0.39, 0.29) is 5.91 Å². The molecule has 0 unspecified atom stereocenters. The van der Waals surface area contributed by atoms with Gasteiger partial charge >= 0.3 is 6.09 Å². The van der Waals surface area contributed by atoms with Crippen molar-refractivity contribution < 1.29 is 14.3 Å². The molecule has 0 heterocycles. The maximum Gasteiger partial charge on any atom is 0.411 e. The van der Waals surface area contributed by atoms with Crippen molar-refractivity contribution >= 4 is 35.1 Å². The average molecular weight is 356 g/mol. The molecule has 0 saturated heterocycles. The number of benzene rings is 2. The van der Waals surface area contributed by atoms with Gasteiger partial charge in [-0.2, -0.15) is 0 Å². The average Bonchev–Trinajstić information content (AvgIpc) is 3.09. The van der Waals surface area contributed by atoms with Crippen LogP contribution in [0.15, 0.2) is 47.4 Å². The van der Waals surface area contributed by atoms with Crippen LogP contribution < -0.4 is 10.6 Å². The number of rotatable bonds is 5. The number of hydrogen-bond acceptors (Lipinski definition) is 4. The maximum atomic E-state index is 12.1. The summed E-state index contributed by atoms with van der Waals surface area (Å²) in [6, 6.07) is 13.4. The molecular formula is C19H20N2O3S. The zero-order valence-electron chi connectivity index (χ0n) is 14.0. The number of anilines is 2. The molecule has 0 bridgehead atoms. The topological polar surface area (TPSA) is 67.4 Å². The molecule has 1 aliphatic carbocycles. The summed E-state index contributed by atoms with van der Waals surface area (Å²) in [5.74, 6) is 0.306. The second-order valence-corrected chi connectivity index (χ2v) is 6.86. The smallest absolute Gasteiger partial charge is 0.411 e. The lowest BCUT2D eigenvalue weighted by Crippen LogP contribution is -2.14. The first-order chi connectivity index (χ1) is 12.1. The van der Waals surface area contributed by atoms with E-state index in [1.165, 1.54) is 31.1 Å². The highest BCUT2D eigenvalue weighted by atomic mass is 32.2. The van der Waals surface area contributed by atoms with Gasteiger partial charge in [-0.05, 0) is 66.8 Å². The number of aryl methyl sites for hydroxylation is 2. The number of ether oxygens (including phenoxy) is 1. The van der Waals surface area contributed by atoms with E-state index in [0.717, 1.165) is 11.3 Å². The molecule has 0 aromatic heterocycles. The summed E-state index contributed by atoms with van der Waals surface area (Å²) in [6.45, 7) is 0. The molecule has 0 spiro atoms. The van der Waals surface area contributed by atoms with Crippen LogP contribution in [0.1, 0.15) is 17.5 Å². The molecule has 6 heteroatoms. The number of amides is 2. The van der Waals surface area contributed by atoms with Crippen LogP contribution in [-0.4, -0.2) is 24.9 Å². The lowest BCUT2D eigenvalue weighted by atomic mass is 10.1. The normalized spacial score (nSPS) is 12.4. The van der Waals surface area contributed by atoms with E-state index in [9.17, 15) is 9.59 Å². The van der Waals surface area contributed by atoms with Crippen LogP contribution >= 0.6 is 11.8 Å². The Morgan fingerprint density at radius 2 is 1.68 bits per heavy atom. The van der Waals surface area contributed by atoms with Gasteiger partial charge in [-0.1, -0.05) is 6.07 Å². The molecular weight excluding hydrogens is 336 g/mol. The lowest BCUT2D eigenvalue weighted by Gasteiger charge is -2.08. The van der Waals surface area contributed by atoms with Gasteiger partial charge in [0.2, 0.25) is 5.91 Å². The van der Waals surface area contributed by atoms with E-state index >= 15 is 0 Å². The summed E-state index contributed by atoms with van der Waals surface area (Å²) in [4.78, 5) is 24.4.